The maximum Gasteiger partial charge on any atom is 0.355 e. The number of piperazine rings is 1. The van der Waals surface area contributed by atoms with Crippen molar-refractivity contribution in [1.82, 2.24) is 19.7 Å². The molecule has 2 aliphatic heterocycles. The Morgan fingerprint density at radius 1 is 1.00 bits per heavy atom. The number of carbonyl (C=O) groups excluding carboxylic acids is 2. The minimum absolute atomic E-state index is 0.0740. The fourth-order valence-electron chi connectivity index (χ4n) is 4.97. The Hall–Kier alpha value is -1.70. The lowest BCUT2D eigenvalue weighted by Gasteiger charge is -2.36. The lowest BCUT2D eigenvalue weighted by molar-refractivity contribution is 0.0519. The lowest BCUT2D eigenvalue weighted by atomic mass is 10.0. The summed E-state index contributed by atoms with van der Waals surface area (Å²) >= 11 is 0. The average Bonchev–Trinajstić information content (AvgIpc) is 3.19. The van der Waals surface area contributed by atoms with Gasteiger partial charge in [0.1, 0.15) is 5.69 Å². The van der Waals surface area contributed by atoms with Gasteiger partial charge in [0.05, 0.1) is 13.2 Å². The van der Waals surface area contributed by atoms with Gasteiger partial charge in [0.25, 0.3) is 0 Å². The van der Waals surface area contributed by atoms with Crippen molar-refractivity contribution < 1.29 is 14.3 Å². The minimum Gasteiger partial charge on any atom is -0.461 e. The van der Waals surface area contributed by atoms with E-state index in [-0.39, 0.29) is 5.78 Å². The number of H-pyrrole nitrogens is 1. The van der Waals surface area contributed by atoms with E-state index in [4.69, 9.17) is 4.74 Å². The van der Waals surface area contributed by atoms with Crippen molar-refractivity contribution in [3.63, 3.8) is 0 Å². The fourth-order valence-corrected chi connectivity index (χ4v) is 4.97. The van der Waals surface area contributed by atoms with E-state index in [1.165, 1.54) is 12.8 Å². The van der Waals surface area contributed by atoms with E-state index in [0.717, 1.165) is 45.0 Å². The normalized spacial score (nSPS) is 23.8. The van der Waals surface area contributed by atoms with Crippen molar-refractivity contribution in [2.75, 3.05) is 52.4 Å². The summed E-state index contributed by atoms with van der Waals surface area (Å²) in [5, 5.41) is 0. The highest BCUT2D eigenvalue weighted by Gasteiger charge is 2.28. The number of rotatable bonds is 8. The zero-order valence-corrected chi connectivity index (χ0v) is 19.3. The van der Waals surface area contributed by atoms with Crippen LogP contribution in [0, 0.1) is 13.8 Å². The number of ether oxygens (including phenoxy) is 1. The molecule has 2 saturated heterocycles. The van der Waals surface area contributed by atoms with Crippen LogP contribution in [0.4, 0.5) is 0 Å². The predicted molar refractivity (Wildman–Crippen MR) is 118 cm³/mol. The summed E-state index contributed by atoms with van der Waals surface area (Å²) < 4.78 is 5.09. The molecular formula is C23H38N4O3. The number of aromatic amines is 1. The number of likely N-dealkylation sites (tertiary alicyclic amines) is 1. The molecule has 1 aromatic heterocycles. The first-order chi connectivity index (χ1) is 14.3. The van der Waals surface area contributed by atoms with Gasteiger partial charge in [0, 0.05) is 62.6 Å². The first-order valence-electron chi connectivity index (χ1n) is 11.4. The molecule has 0 amide bonds. The number of carbonyl (C=O) groups is 2. The molecule has 7 nitrogen and oxygen atoms in total. The summed E-state index contributed by atoms with van der Waals surface area (Å²) in [5.74, 6) is -0.322. The van der Waals surface area contributed by atoms with E-state index in [1.54, 1.807) is 6.92 Å². The Balaban J connectivity index is 1.49. The van der Waals surface area contributed by atoms with Gasteiger partial charge in [-0.15, -0.1) is 0 Å². The summed E-state index contributed by atoms with van der Waals surface area (Å²) in [5.41, 5.74) is 2.47. The van der Waals surface area contributed by atoms with Crippen molar-refractivity contribution in [1.29, 1.82) is 0 Å². The number of nitrogens with zero attached hydrogens (tertiary/aromatic N) is 3. The predicted octanol–water partition coefficient (Wildman–Crippen LogP) is 2.48. The number of hydrogen-bond donors (Lipinski definition) is 1. The van der Waals surface area contributed by atoms with E-state index in [0.29, 0.717) is 42.1 Å². The summed E-state index contributed by atoms with van der Waals surface area (Å²) in [4.78, 5) is 35.5. The molecule has 2 aliphatic rings. The minimum atomic E-state index is -0.396. The molecule has 30 heavy (non-hydrogen) atoms. The van der Waals surface area contributed by atoms with Gasteiger partial charge in [-0.1, -0.05) is 0 Å². The summed E-state index contributed by atoms with van der Waals surface area (Å²) in [7, 11) is 0. The average molecular weight is 419 g/mol. The maximum atomic E-state index is 13.0. The summed E-state index contributed by atoms with van der Waals surface area (Å²) in [6.07, 6.45) is 2.62. The SMILES string of the molecule is CCOC(=O)c1[nH]c(C)c(C(=O)CN2CCN(CCN3C(C)CCC3C)CC2)c1C. The quantitative estimate of drug-likeness (QED) is 0.517. The van der Waals surface area contributed by atoms with Crippen molar-refractivity contribution in [3.05, 3.63) is 22.5 Å². The zero-order chi connectivity index (χ0) is 21.8. The molecule has 0 spiro atoms. The van der Waals surface area contributed by atoms with Crippen LogP contribution >= 0.6 is 0 Å². The van der Waals surface area contributed by atoms with Gasteiger partial charge in [0.15, 0.2) is 5.78 Å². The van der Waals surface area contributed by atoms with Gasteiger partial charge in [-0.3, -0.25) is 19.5 Å². The molecule has 3 heterocycles. The largest absolute Gasteiger partial charge is 0.461 e. The number of nitrogens with one attached hydrogen (secondary N) is 1. The second-order valence-electron chi connectivity index (χ2n) is 8.90. The second-order valence-corrected chi connectivity index (χ2v) is 8.90. The molecule has 0 aliphatic carbocycles. The Kier molecular flexibility index (Phi) is 7.71. The van der Waals surface area contributed by atoms with Gasteiger partial charge < -0.3 is 9.72 Å². The molecule has 2 unspecified atom stereocenters. The molecule has 0 aromatic carbocycles. The number of ketones is 1. The number of hydrogen-bond acceptors (Lipinski definition) is 6. The van der Waals surface area contributed by atoms with Crippen LogP contribution in [0.2, 0.25) is 0 Å². The van der Waals surface area contributed by atoms with Crippen LogP contribution in [-0.4, -0.2) is 95.9 Å². The third-order valence-corrected chi connectivity index (χ3v) is 6.84. The standard InChI is InChI=1S/C23H38N4O3/c1-6-30-23(29)22-18(4)21(19(5)24-22)20(28)15-26-11-9-25(10-12-26)13-14-27-16(2)7-8-17(27)3/h16-17,24H,6-15H2,1-5H3. The van der Waals surface area contributed by atoms with Crippen LogP contribution < -0.4 is 0 Å². The Morgan fingerprint density at radius 3 is 2.20 bits per heavy atom. The topological polar surface area (TPSA) is 68.9 Å². The monoisotopic (exact) mass is 418 g/mol. The highest BCUT2D eigenvalue weighted by atomic mass is 16.5. The first-order valence-corrected chi connectivity index (χ1v) is 11.4. The Bertz CT molecular complexity index is 742. The van der Waals surface area contributed by atoms with E-state index in [2.05, 4.69) is 33.5 Å². The third kappa shape index (κ3) is 5.13. The number of esters is 1. The highest BCUT2D eigenvalue weighted by Crippen LogP contribution is 2.23. The van der Waals surface area contributed by atoms with Crippen molar-refractivity contribution in [3.8, 4) is 0 Å². The molecule has 168 valence electrons. The van der Waals surface area contributed by atoms with E-state index < -0.39 is 5.97 Å². The summed E-state index contributed by atoms with van der Waals surface area (Å²) in [6, 6.07) is 1.40. The van der Waals surface area contributed by atoms with Crippen LogP contribution in [0.3, 0.4) is 0 Å². The highest BCUT2D eigenvalue weighted by molar-refractivity contribution is 6.03. The van der Waals surface area contributed by atoms with Crippen LogP contribution in [0.15, 0.2) is 0 Å². The molecule has 7 heteroatoms. The van der Waals surface area contributed by atoms with Gasteiger partial charge in [0.2, 0.25) is 0 Å². The molecule has 1 aromatic rings. The Morgan fingerprint density at radius 2 is 1.60 bits per heavy atom. The molecule has 0 radical (unpaired) electrons. The van der Waals surface area contributed by atoms with Gasteiger partial charge in [-0.05, 0) is 53.0 Å². The van der Waals surface area contributed by atoms with E-state index in [9.17, 15) is 9.59 Å². The smallest absolute Gasteiger partial charge is 0.355 e. The number of aromatic nitrogens is 1. The molecule has 2 atom stereocenters. The molecule has 0 bridgehead atoms. The van der Waals surface area contributed by atoms with Gasteiger partial charge in [-0.25, -0.2) is 4.79 Å². The molecule has 0 saturated carbocycles. The third-order valence-electron chi connectivity index (χ3n) is 6.84. The molecule has 3 rings (SSSR count). The van der Waals surface area contributed by atoms with Crippen molar-refractivity contribution in [2.24, 2.45) is 0 Å². The zero-order valence-electron chi connectivity index (χ0n) is 19.3. The van der Waals surface area contributed by atoms with E-state index >= 15 is 0 Å². The number of Topliss-reactive ketones (excluding diaryl/α,β-unsaturated/α-hetero) is 1. The van der Waals surface area contributed by atoms with Gasteiger partial charge in [-0.2, -0.15) is 0 Å². The maximum absolute atomic E-state index is 13.0. The second kappa shape index (κ2) is 10.1. The lowest BCUT2D eigenvalue weighted by Crippen LogP contribution is -2.50. The molecule has 1 N–H and O–H groups in total. The van der Waals surface area contributed by atoms with Crippen molar-refractivity contribution in [2.45, 2.75) is 59.5 Å². The van der Waals surface area contributed by atoms with Crippen LogP contribution in [0.1, 0.15) is 65.7 Å². The Labute approximate surface area is 180 Å². The van der Waals surface area contributed by atoms with E-state index in [1.807, 2.05) is 13.8 Å². The first kappa shape index (κ1) is 23.0. The fraction of sp³-hybridized carbons (Fsp3) is 0.739. The van der Waals surface area contributed by atoms with Crippen molar-refractivity contribution >= 4 is 11.8 Å². The number of aryl methyl sites for hydroxylation is 1. The van der Waals surface area contributed by atoms with Crippen LogP contribution in [0.25, 0.3) is 0 Å². The molecule has 2 fully saturated rings. The molecular weight excluding hydrogens is 380 g/mol. The van der Waals surface area contributed by atoms with Crippen LogP contribution in [0.5, 0.6) is 0 Å². The van der Waals surface area contributed by atoms with Gasteiger partial charge >= 0.3 is 5.97 Å². The summed E-state index contributed by atoms with van der Waals surface area (Å²) in [6.45, 7) is 16.9. The van der Waals surface area contributed by atoms with Crippen LogP contribution in [-0.2, 0) is 4.74 Å².